The lowest BCUT2D eigenvalue weighted by Crippen LogP contribution is -2.10. The van der Waals surface area contributed by atoms with Crippen molar-refractivity contribution in [2.45, 2.75) is 0 Å². The van der Waals surface area contributed by atoms with E-state index in [1.807, 2.05) is 0 Å². The van der Waals surface area contributed by atoms with Crippen molar-refractivity contribution in [3.8, 4) is 11.1 Å². The van der Waals surface area contributed by atoms with Crippen molar-refractivity contribution in [2.24, 2.45) is 5.73 Å². The van der Waals surface area contributed by atoms with Gasteiger partial charge in [-0.3, -0.25) is 4.79 Å². The van der Waals surface area contributed by atoms with Gasteiger partial charge in [-0.15, -0.1) is 0 Å². The Balaban J connectivity index is 2.18. The molecule has 3 aromatic rings. The van der Waals surface area contributed by atoms with Crippen molar-refractivity contribution in [3.05, 3.63) is 54.1 Å². The Morgan fingerprint density at radius 2 is 1.95 bits per heavy atom. The fourth-order valence-corrected chi connectivity index (χ4v) is 2.07. The number of nitrogens with one attached hydrogen (secondary N) is 1. The Kier molecular flexibility index (Phi) is 2.52. The number of pyridine rings is 1. The third-order valence-electron chi connectivity index (χ3n) is 3.01. The zero-order valence-corrected chi connectivity index (χ0v) is 9.85. The largest absolute Gasteiger partial charge is 0.366 e. The molecule has 0 unspecified atom stereocenters. The van der Waals surface area contributed by atoms with Gasteiger partial charge in [0.25, 0.3) is 0 Å². The summed E-state index contributed by atoms with van der Waals surface area (Å²) >= 11 is 0. The van der Waals surface area contributed by atoms with Gasteiger partial charge >= 0.3 is 0 Å². The zero-order valence-electron chi connectivity index (χ0n) is 9.85. The molecule has 2 aromatic heterocycles. The van der Waals surface area contributed by atoms with Crippen LogP contribution >= 0.6 is 0 Å². The van der Waals surface area contributed by atoms with E-state index in [9.17, 15) is 9.18 Å². The first kappa shape index (κ1) is 11.4. The van der Waals surface area contributed by atoms with Crippen LogP contribution in [0.5, 0.6) is 0 Å². The van der Waals surface area contributed by atoms with Crippen molar-refractivity contribution >= 4 is 16.9 Å². The number of carbonyl (C=O) groups is 1. The third-order valence-corrected chi connectivity index (χ3v) is 3.01. The van der Waals surface area contributed by atoms with Gasteiger partial charge < -0.3 is 10.7 Å². The Hall–Kier alpha value is -2.69. The molecular formula is C14H10FN3O. The number of benzene rings is 1. The van der Waals surface area contributed by atoms with Crippen LogP contribution in [0.1, 0.15) is 10.4 Å². The van der Waals surface area contributed by atoms with Crippen LogP contribution in [-0.4, -0.2) is 15.9 Å². The minimum atomic E-state index is -0.487. The number of amides is 1. The lowest BCUT2D eigenvalue weighted by Gasteiger charge is -2.04. The maximum atomic E-state index is 13.8. The van der Waals surface area contributed by atoms with E-state index in [4.69, 9.17) is 5.73 Å². The minimum absolute atomic E-state index is 0.350. The smallest absolute Gasteiger partial charge is 0.248 e. The van der Waals surface area contributed by atoms with Gasteiger partial charge in [-0.25, -0.2) is 9.37 Å². The number of fused-ring (bicyclic) bond motifs is 1. The molecule has 19 heavy (non-hydrogen) atoms. The van der Waals surface area contributed by atoms with Crippen LogP contribution in [0.25, 0.3) is 22.2 Å². The number of carbonyl (C=O) groups excluding carboxylic acids is 1. The highest BCUT2D eigenvalue weighted by Gasteiger charge is 2.11. The number of rotatable bonds is 2. The van der Waals surface area contributed by atoms with Crippen LogP contribution in [0, 0.1) is 5.82 Å². The van der Waals surface area contributed by atoms with E-state index in [1.54, 1.807) is 36.5 Å². The molecule has 1 aromatic carbocycles. The molecule has 94 valence electrons. The van der Waals surface area contributed by atoms with E-state index in [0.717, 1.165) is 11.1 Å². The molecule has 4 nitrogen and oxygen atoms in total. The third kappa shape index (κ3) is 1.85. The summed E-state index contributed by atoms with van der Waals surface area (Å²) < 4.78 is 13.8. The number of halogens is 1. The maximum absolute atomic E-state index is 13.8. The monoisotopic (exact) mass is 255 g/mol. The summed E-state index contributed by atoms with van der Waals surface area (Å²) in [5, 5.41) is 0.439. The Labute approximate surface area is 108 Å². The molecule has 0 radical (unpaired) electrons. The van der Waals surface area contributed by atoms with Gasteiger partial charge in [0.1, 0.15) is 5.65 Å². The molecule has 0 spiro atoms. The summed E-state index contributed by atoms with van der Waals surface area (Å²) in [6, 6.07) is 8.45. The summed E-state index contributed by atoms with van der Waals surface area (Å²) in [5.41, 5.74) is 7.62. The van der Waals surface area contributed by atoms with Crippen LogP contribution < -0.4 is 5.73 Å². The van der Waals surface area contributed by atoms with Crippen LogP contribution in [0.15, 0.2) is 42.7 Å². The summed E-state index contributed by atoms with van der Waals surface area (Å²) in [4.78, 5) is 17.9. The highest BCUT2D eigenvalue weighted by molar-refractivity contribution is 5.96. The van der Waals surface area contributed by atoms with Crippen LogP contribution in [0.2, 0.25) is 0 Å². The van der Waals surface area contributed by atoms with Crippen molar-refractivity contribution in [1.29, 1.82) is 0 Å². The van der Waals surface area contributed by atoms with Gasteiger partial charge in [-0.05, 0) is 29.3 Å². The maximum Gasteiger partial charge on any atom is 0.248 e. The van der Waals surface area contributed by atoms with Gasteiger partial charge in [-0.2, -0.15) is 0 Å². The number of aromatic amines is 1. The molecule has 0 aliphatic rings. The van der Waals surface area contributed by atoms with Gasteiger partial charge in [0.05, 0.1) is 5.39 Å². The van der Waals surface area contributed by atoms with Gasteiger partial charge in [0.15, 0.2) is 5.82 Å². The van der Waals surface area contributed by atoms with Gasteiger partial charge in [0, 0.05) is 18.0 Å². The van der Waals surface area contributed by atoms with Crippen LogP contribution in [0.4, 0.5) is 4.39 Å². The SMILES string of the molecule is NC(=O)c1ccc(-c2ccnc3[nH]cc(F)c23)cc1. The second-order valence-electron chi connectivity index (χ2n) is 4.16. The quantitative estimate of drug-likeness (QED) is 0.738. The van der Waals surface area contributed by atoms with Crippen molar-refractivity contribution < 1.29 is 9.18 Å². The molecule has 0 bridgehead atoms. The van der Waals surface area contributed by atoms with E-state index in [0.29, 0.717) is 16.6 Å². The average Bonchev–Trinajstić information content (AvgIpc) is 2.81. The molecule has 5 heteroatoms. The fourth-order valence-electron chi connectivity index (χ4n) is 2.07. The average molecular weight is 255 g/mol. The van der Waals surface area contributed by atoms with Gasteiger partial charge in [-0.1, -0.05) is 12.1 Å². The highest BCUT2D eigenvalue weighted by Crippen LogP contribution is 2.29. The zero-order chi connectivity index (χ0) is 13.4. The van der Waals surface area contributed by atoms with Crippen molar-refractivity contribution in [1.82, 2.24) is 9.97 Å². The second kappa shape index (κ2) is 4.20. The molecule has 2 heterocycles. The lowest BCUT2D eigenvalue weighted by molar-refractivity contribution is 0.100. The summed E-state index contributed by atoms with van der Waals surface area (Å²) in [6.07, 6.45) is 2.88. The van der Waals surface area contributed by atoms with E-state index in [2.05, 4.69) is 9.97 Å². The van der Waals surface area contributed by atoms with E-state index < -0.39 is 5.91 Å². The number of nitrogens with zero attached hydrogens (tertiary/aromatic N) is 1. The normalized spacial score (nSPS) is 10.8. The summed E-state index contributed by atoms with van der Waals surface area (Å²) in [7, 11) is 0. The Bertz CT molecular complexity index is 762. The summed E-state index contributed by atoms with van der Waals surface area (Å²) in [6.45, 7) is 0. The number of aromatic nitrogens is 2. The van der Waals surface area contributed by atoms with E-state index in [1.165, 1.54) is 6.20 Å². The van der Waals surface area contributed by atoms with Crippen LogP contribution in [-0.2, 0) is 0 Å². The first-order valence-corrected chi connectivity index (χ1v) is 5.68. The minimum Gasteiger partial charge on any atom is -0.366 e. The molecule has 0 fully saturated rings. The van der Waals surface area contributed by atoms with Crippen molar-refractivity contribution in [3.63, 3.8) is 0 Å². The Morgan fingerprint density at radius 1 is 1.21 bits per heavy atom. The first-order chi connectivity index (χ1) is 9.16. The van der Waals surface area contributed by atoms with E-state index in [-0.39, 0.29) is 5.82 Å². The van der Waals surface area contributed by atoms with Crippen molar-refractivity contribution in [2.75, 3.05) is 0 Å². The highest BCUT2D eigenvalue weighted by atomic mass is 19.1. The molecule has 0 saturated heterocycles. The molecule has 3 rings (SSSR count). The molecule has 3 N–H and O–H groups in total. The van der Waals surface area contributed by atoms with Crippen LogP contribution in [0.3, 0.4) is 0 Å². The number of hydrogen-bond acceptors (Lipinski definition) is 2. The fraction of sp³-hybridized carbons (Fsp3) is 0. The molecule has 0 saturated carbocycles. The first-order valence-electron chi connectivity index (χ1n) is 5.68. The predicted molar refractivity (Wildman–Crippen MR) is 70.0 cm³/mol. The lowest BCUT2D eigenvalue weighted by atomic mass is 10.0. The molecular weight excluding hydrogens is 245 g/mol. The molecule has 1 amide bonds. The predicted octanol–water partition coefficient (Wildman–Crippen LogP) is 2.47. The number of nitrogens with two attached hydrogens (primary N) is 1. The molecule has 0 atom stereocenters. The second-order valence-corrected chi connectivity index (χ2v) is 4.16. The molecule has 0 aliphatic carbocycles. The van der Waals surface area contributed by atoms with E-state index >= 15 is 0 Å². The Morgan fingerprint density at radius 3 is 2.63 bits per heavy atom. The summed E-state index contributed by atoms with van der Waals surface area (Å²) in [5.74, 6) is -0.837. The number of hydrogen-bond donors (Lipinski definition) is 2. The number of primary amides is 1. The number of H-pyrrole nitrogens is 1. The topological polar surface area (TPSA) is 71.8 Å². The molecule has 0 aliphatic heterocycles. The standard InChI is InChI=1S/C14H10FN3O/c15-11-7-18-14-12(11)10(5-6-17-14)8-1-3-9(4-2-8)13(16)19/h1-7H,(H2,16,19)(H,17,18). The van der Waals surface area contributed by atoms with Gasteiger partial charge in [0.2, 0.25) is 5.91 Å².